The number of aromatic nitrogens is 2. The Labute approximate surface area is 70.6 Å². The fraction of sp³-hybridized carbons (Fsp3) is 0.222. The first kappa shape index (κ1) is 7.16. The number of ether oxygens (including phenoxy) is 1. The van der Waals surface area contributed by atoms with E-state index in [1.165, 1.54) is 0 Å². The molecule has 2 aromatic heterocycles. The van der Waals surface area contributed by atoms with Crippen LogP contribution < -0.4 is 4.74 Å². The molecule has 0 aliphatic carbocycles. The minimum absolute atomic E-state index is 0.889. The molecule has 0 bridgehead atoms. The molecule has 0 spiro atoms. The van der Waals surface area contributed by atoms with Crippen molar-refractivity contribution >= 4 is 5.52 Å². The van der Waals surface area contributed by atoms with Gasteiger partial charge in [-0.1, -0.05) is 0 Å². The smallest absolute Gasteiger partial charge is 0.138 e. The number of imidazole rings is 1. The molecule has 0 aliphatic rings. The molecule has 0 aromatic carbocycles. The van der Waals surface area contributed by atoms with E-state index in [2.05, 4.69) is 4.98 Å². The van der Waals surface area contributed by atoms with Crippen LogP contribution >= 0.6 is 0 Å². The third-order valence-electron chi connectivity index (χ3n) is 2.01. The average Bonchev–Trinajstić information content (AvgIpc) is 2.53. The van der Waals surface area contributed by atoms with Crippen LogP contribution in [0.5, 0.6) is 5.75 Å². The highest BCUT2D eigenvalue weighted by Crippen LogP contribution is 2.18. The molecule has 62 valence electrons. The van der Waals surface area contributed by atoms with Gasteiger partial charge in [-0.3, -0.25) is 4.40 Å². The molecule has 3 nitrogen and oxygen atoms in total. The van der Waals surface area contributed by atoms with Gasteiger partial charge in [0, 0.05) is 0 Å². The topological polar surface area (TPSA) is 26.5 Å². The number of hydrogen-bond donors (Lipinski definition) is 0. The third kappa shape index (κ3) is 0.863. The molecular weight excluding hydrogens is 152 g/mol. The second kappa shape index (κ2) is 2.52. The van der Waals surface area contributed by atoms with E-state index in [4.69, 9.17) is 4.74 Å². The van der Waals surface area contributed by atoms with Crippen LogP contribution in [0.4, 0.5) is 0 Å². The molecule has 0 saturated carbocycles. The van der Waals surface area contributed by atoms with Gasteiger partial charge in [0.2, 0.25) is 0 Å². The first-order valence-electron chi connectivity index (χ1n) is 3.78. The van der Waals surface area contributed by atoms with Gasteiger partial charge in [0.1, 0.15) is 5.75 Å². The molecule has 0 unspecified atom stereocenters. The summed E-state index contributed by atoms with van der Waals surface area (Å²) >= 11 is 0. The zero-order chi connectivity index (χ0) is 8.55. The third-order valence-corrected chi connectivity index (χ3v) is 2.01. The summed E-state index contributed by atoms with van der Waals surface area (Å²) in [7, 11) is 1.67. The van der Waals surface area contributed by atoms with E-state index in [0.717, 1.165) is 17.0 Å². The van der Waals surface area contributed by atoms with Crippen molar-refractivity contribution in [2.45, 2.75) is 6.92 Å². The van der Waals surface area contributed by atoms with Gasteiger partial charge in [0.15, 0.2) is 0 Å². The SMILES string of the molecule is COc1ccc2cncn2c1C. The highest BCUT2D eigenvalue weighted by molar-refractivity contribution is 5.49. The van der Waals surface area contributed by atoms with Crippen molar-refractivity contribution in [1.82, 2.24) is 9.38 Å². The zero-order valence-corrected chi connectivity index (χ0v) is 7.11. The van der Waals surface area contributed by atoms with Crippen LogP contribution in [-0.2, 0) is 0 Å². The molecular formula is C9H10N2O. The van der Waals surface area contributed by atoms with E-state index in [0.29, 0.717) is 0 Å². The minimum Gasteiger partial charge on any atom is -0.495 e. The molecule has 12 heavy (non-hydrogen) atoms. The fourth-order valence-electron chi connectivity index (χ4n) is 1.32. The maximum Gasteiger partial charge on any atom is 0.138 e. The average molecular weight is 162 g/mol. The molecule has 0 atom stereocenters. The summed E-state index contributed by atoms with van der Waals surface area (Å²) in [5, 5.41) is 0. The van der Waals surface area contributed by atoms with Gasteiger partial charge in [0.05, 0.1) is 30.8 Å². The summed E-state index contributed by atoms with van der Waals surface area (Å²) in [5.74, 6) is 0.889. The lowest BCUT2D eigenvalue weighted by Crippen LogP contribution is -1.93. The Morgan fingerprint density at radius 2 is 2.25 bits per heavy atom. The van der Waals surface area contributed by atoms with Gasteiger partial charge < -0.3 is 4.74 Å². The standard InChI is InChI=1S/C9H10N2O/c1-7-9(12-2)4-3-8-5-10-6-11(7)8/h3-6H,1-2H3. The summed E-state index contributed by atoms with van der Waals surface area (Å²) in [4.78, 5) is 4.04. The molecule has 2 aromatic rings. The van der Waals surface area contributed by atoms with Crippen LogP contribution in [0, 0.1) is 6.92 Å². The lowest BCUT2D eigenvalue weighted by Gasteiger charge is -2.05. The van der Waals surface area contributed by atoms with Crippen molar-refractivity contribution < 1.29 is 4.74 Å². The van der Waals surface area contributed by atoms with Gasteiger partial charge in [-0.15, -0.1) is 0 Å². The molecule has 2 heterocycles. The van der Waals surface area contributed by atoms with Crippen LogP contribution in [0.15, 0.2) is 24.7 Å². The molecule has 0 aliphatic heterocycles. The lowest BCUT2D eigenvalue weighted by atomic mass is 10.3. The Kier molecular flexibility index (Phi) is 1.50. The highest BCUT2D eigenvalue weighted by Gasteiger charge is 2.01. The van der Waals surface area contributed by atoms with Crippen molar-refractivity contribution in [3.8, 4) is 5.75 Å². The highest BCUT2D eigenvalue weighted by atomic mass is 16.5. The van der Waals surface area contributed by atoms with E-state index >= 15 is 0 Å². The predicted octanol–water partition coefficient (Wildman–Crippen LogP) is 1.65. The predicted molar refractivity (Wildman–Crippen MR) is 46.5 cm³/mol. The minimum atomic E-state index is 0.889. The van der Waals surface area contributed by atoms with E-state index in [1.54, 1.807) is 13.4 Å². The Balaban J connectivity index is 2.78. The molecule has 0 N–H and O–H groups in total. The van der Waals surface area contributed by atoms with Crippen molar-refractivity contribution in [1.29, 1.82) is 0 Å². The van der Waals surface area contributed by atoms with E-state index in [1.807, 2.05) is 29.7 Å². The largest absolute Gasteiger partial charge is 0.495 e. The Morgan fingerprint density at radius 3 is 3.00 bits per heavy atom. The number of nitrogens with zero attached hydrogens (tertiary/aromatic N) is 2. The number of pyridine rings is 1. The van der Waals surface area contributed by atoms with Crippen LogP contribution in [0.25, 0.3) is 5.52 Å². The Bertz CT molecular complexity index is 406. The maximum atomic E-state index is 5.17. The van der Waals surface area contributed by atoms with E-state index < -0.39 is 0 Å². The summed E-state index contributed by atoms with van der Waals surface area (Å²) in [6.07, 6.45) is 3.61. The molecule has 2 rings (SSSR count). The second-order valence-corrected chi connectivity index (χ2v) is 2.68. The first-order valence-corrected chi connectivity index (χ1v) is 3.78. The van der Waals surface area contributed by atoms with E-state index in [-0.39, 0.29) is 0 Å². The quantitative estimate of drug-likeness (QED) is 0.637. The molecule has 0 radical (unpaired) electrons. The van der Waals surface area contributed by atoms with Gasteiger partial charge in [-0.2, -0.15) is 0 Å². The fourth-order valence-corrected chi connectivity index (χ4v) is 1.32. The van der Waals surface area contributed by atoms with Crippen molar-refractivity contribution in [2.75, 3.05) is 7.11 Å². The first-order chi connectivity index (χ1) is 5.83. The maximum absolute atomic E-state index is 5.17. The lowest BCUT2D eigenvalue weighted by molar-refractivity contribution is 0.408. The summed E-state index contributed by atoms with van der Waals surface area (Å²) in [5.41, 5.74) is 2.17. The van der Waals surface area contributed by atoms with Crippen LogP contribution in [0.3, 0.4) is 0 Å². The van der Waals surface area contributed by atoms with Gasteiger partial charge in [-0.05, 0) is 19.1 Å². The number of aryl methyl sites for hydroxylation is 1. The van der Waals surface area contributed by atoms with Crippen molar-refractivity contribution in [3.63, 3.8) is 0 Å². The monoisotopic (exact) mass is 162 g/mol. The normalized spacial score (nSPS) is 10.5. The molecule has 0 fully saturated rings. The summed E-state index contributed by atoms with van der Waals surface area (Å²) in [6, 6.07) is 3.94. The van der Waals surface area contributed by atoms with E-state index in [9.17, 15) is 0 Å². The summed E-state index contributed by atoms with van der Waals surface area (Å²) in [6.45, 7) is 2.01. The molecule has 0 amide bonds. The van der Waals surface area contributed by atoms with Gasteiger partial charge >= 0.3 is 0 Å². The van der Waals surface area contributed by atoms with Crippen LogP contribution in [-0.4, -0.2) is 16.5 Å². The van der Waals surface area contributed by atoms with Crippen molar-refractivity contribution in [3.05, 3.63) is 30.4 Å². The zero-order valence-electron chi connectivity index (χ0n) is 7.11. The van der Waals surface area contributed by atoms with Crippen molar-refractivity contribution in [2.24, 2.45) is 0 Å². The number of hydrogen-bond acceptors (Lipinski definition) is 2. The number of fused-ring (bicyclic) bond motifs is 1. The Morgan fingerprint density at radius 1 is 1.42 bits per heavy atom. The second-order valence-electron chi connectivity index (χ2n) is 2.68. The van der Waals surface area contributed by atoms with Crippen LogP contribution in [0.1, 0.15) is 5.69 Å². The summed E-state index contributed by atoms with van der Waals surface area (Å²) < 4.78 is 7.17. The number of methoxy groups -OCH3 is 1. The number of rotatable bonds is 1. The molecule has 0 saturated heterocycles. The van der Waals surface area contributed by atoms with Gasteiger partial charge in [-0.25, -0.2) is 4.98 Å². The molecule has 3 heteroatoms. The van der Waals surface area contributed by atoms with Gasteiger partial charge in [0.25, 0.3) is 0 Å². The van der Waals surface area contributed by atoms with Crippen LogP contribution in [0.2, 0.25) is 0 Å². The Hall–Kier alpha value is -1.51.